The summed E-state index contributed by atoms with van der Waals surface area (Å²) < 4.78 is 0. The lowest BCUT2D eigenvalue weighted by atomic mass is 9.92. The summed E-state index contributed by atoms with van der Waals surface area (Å²) in [6.07, 6.45) is 0. The first kappa shape index (κ1) is 11.9. The summed E-state index contributed by atoms with van der Waals surface area (Å²) in [5.74, 6) is -0.00904. The fourth-order valence-electron chi connectivity index (χ4n) is 1.76. The van der Waals surface area contributed by atoms with Gasteiger partial charge in [0.2, 0.25) is 0 Å². The van der Waals surface area contributed by atoms with Gasteiger partial charge in [0.1, 0.15) is 0 Å². The van der Waals surface area contributed by atoms with Crippen molar-refractivity contribution >= 4 is 17.4 Å². The second-order valence-electron chi connectivity index (χ2n) is 4.00. The molecule has 0 heterocycles. The molecule has 0 aromatic heterocycles. The van der Waals surface area contributed by atoms with Crippen LogP contribution in [-0.2, 0) is 0 Å². The normalized spacial score (nSPS) is 12.1. The molecule has 0 N–H and O–H groups in total. The van der Waals surface area contributed by atoms with Crippen LogP contribution in [0.4, 0.5) is 0 Å². The van der Waals surface area contributed by atoms with Gasteiger partial charge in [-0.3, -0.25) is 4.79 Å². The van der Waals surface area contributed by atoms with E-state index in [4.69, 9.17) is 11.6 Å². The van der Waals surface area contributed by atoms with Crippen LogP contribution >= 0.6 is 11.6 Å². The molecule has 1 nitrogen and oxygen atoms in total. The molecule has 0 aliphatic rings. The number of carbonyl (C=O) groups excluding carboxylic acids is 1. The van der Waals surface area contributed by atoms with E-state index in [1.165, 1.54) is 0 Å². The lowest BCUT2D eigenvalue weighted by Gasteiger charge is -2.10. The van der Waals surface area contributed by atoms with E-state index in [9.17, 15) is 4.79 Å². The number of hydrogen-bond acceptors (Lipinski definition) is 1. The molecule has 0 amide bonds. The molecular weight excluding hydrogens is 232 g/mol. The Balaban J connectivity index is 2.23. The van der Waals surface area contributed by atoms with Crippen molar-refractivity contribution in [2.75, 3.05) is 0 Å². The van der Waals surface area contributed by atoms with E-state index in [2.05, 4.69) is 0 Å². The topological polar surface area (TPSA) is 17.1 Å². The second-order valence-corrected chi connectivity index (χ2v) is 4.44. The molecule has 0 unspecified atom stereocenters. The lowest BCUT2D eigenvalue weighted by Crippen LogP contribution is -2.09. The van der Waals surface area contributed by atoms with E-state index in [1.807, 2.05) is 37.3 Å². The molecule has 0 spiro atoms. The Hall–Kier alpha value is -1.60. The highest BCUT2D eigenvalue weighted by atomic mass is 35.5. The first-order chi connectivity index (χ1) is 8.18. The summed E-state index contributed by atoms with van der Waals surface area (Å²) in [4.78, 5) is 12.2. The quantitative estimate of drug-likeness (QED) is 0.735. The Morgan fingerprint density at radius 1 is 1.00 bits per heavy atom. The number of benzene rings is 2. The number of halogens is 1. The van der Waals surface area contributed by atoms with Crippen molar-refractivity contribution in [2.24, 2.45) is 0 Å². The van der Waals surface area contributed by atoms with Gasteiger partial charge in [-0.15, -0.1) is 0 Å². The van der Waals surface area contributed by atoms with Crippen LogP contribution in [0.5, 0.6) is 0 Å². The van der Waals surface area contributed by atoms with Crippen molar-refractivity contribution in [3.8, 4) is 0 Å². The van der Waals surface area contributed by atoms with Crippen molar-refractivity contribution in [3.05, 3.63) is 70.7 Å². The number of carbonyl (C=O) groups is 1. The number of Topliss-reactive ketones (excluding diaryl/α,β-unsaturated/α-hetero) is 1. The van der Waals surface area contributed by atoms with Gasteiger partial charge < -0.3 is 0 Å². The fraction of sp³-hybridized carbons (Fsp3) is 0.133. The Morgan fingerprint density at radius 2 is 1.59 bits per heavy atom. The minimum absolute atomic E-state index is 0.118. The SMILES string of the molecule is C[C@@H](C(=O)c1ccc(Cl)cc1)c1ccccc1. The van der Waals surface area contributed by atoms with Gasteiger partial charge in [-0.1, -0.05) is 48.9 Å². The fourth-order valence-corrected chi connectivity index (χ4v) is 1.88. The van der Waals surface area contributed by atoms with Crippen molar-refractivity contribution in [1.82, 2.24) is 0 Å². The Labute approximate surface area is 106 Å². The van der Waals surface area contributed by atoms with Crippen molar-refractivity contribution in [3.63, 3.8) is 0 Å². The van der Waals surface area contributed by atoms with Crippen LogP contribution in [0, 0.1) is 0 Å². The molecule has 0 aliphatic heterocycles. The minimum atomic E-state index is -0.127. The van der Waals surface area contributed by atoms with E-state index in [-0.39, 0.29) is 11.7 Å². The number of ketones is 1. The van der Waals surface area contributed by atoms with Crippen molar-refractivity contribution in [2.45, 2.75) is 12.8 Å². The van der Waals surface area contributed by atoms with Crippen molar-refractivity contribution in [1.29, 1.82) is 0 Å². The molecular formula is C15H13ClO. The van der Waals surface area contributed by atoms with Gasteiger partial charge in [0.05, 0.1) is 0 Å². The largest absolute Gasteiger partial charge is 0.294 e. The Kier molecular flexibility index (Phi) is 3.60. The predicted molar refractivity (Wildman–Crippen MR) is 70.6 cm³/mol. The summed E-state index contributed by atoms with van der Waals surface area (Å²) in [6.45, 7) is 1.92. The van der Waals surface area contributed by atoms with Gasteiger partial charge in [0, 0.05) is 16.5 Å². The molecule has 0 saturated heterocycles. The zero-order valence-electron chi connectivity index (χ0n) is 9.56. The highest BCUT2D eigenvalue weighted by Gasteiger charge is 2.16. The standard InChI is InChI=1S/C15H13ClO/c1-11(12-5-3-2-4-6-12)15(17)13-7-9-14(16)10-8-13/h2-11H,1H3/t11-/m1/s1. The average Bonchev–Trinajstić information content (AvgIpc) is 2.39. The summed E-state index contributed by atoms with van der Waals surface area (Å²) in [5.41, 5.74) is 1.73. The van der Waals surface area contributed by atoms with Crippen LogP contribution < -0.4 is 0 Å². The van der Waals surface area contributed by atoms with Gasteiger partial charge >= 0.3 is 0 Å². The van der Waals surface area contributed by atoms with Gasteiger partial charge in [-0.25, -0.2) is 0 Å². The lowest BCUT2D eigenvalue weighted by molar-refractivity contribution is 0.0966. The maximum atomic E-state index is 12.2. The van der Waals surface area contributed by atoms with Crippen LogP contribution in [0.3, 0.4) is 0 Å². The van der Waals surface area contributed by atoms with Gasteiger partial charge in [-0.2, -0.15) is 0 Å². The molecule has 0 fully saturated rings. The molecule has 1 atom stereocenters. The molecule has 0 radical (unpaired) electrons. The maximum Gasteiger partial charge on any atom is 0.170 e. The van der Waals surface area contributed by atoms with Crippen molar-refractivity contribution < 1.29 is 4.79 Å². The minimum Gasteiger partial charge on any atom is -0.294 e. The predicted octanol–water partition coefficient (Wildman–Crippen LogP) is 4.33. The number of hydrogen-bond donors (Lipinski definition) is 0. The van der Waals surface area contributed by atoms with Crippen LogP contribution in [0.15, 0.2) is 54.6 Å². The Bertz CT molecular complexity index is 502. The van der Waals surface area contributed by atoms with E-state index < -0.39 is 0 Å². The van der Waals surface area contributed by atoms with Crippen LogP contribution in [0.25, 0.3) is 0 Å². The molecule has 2 aromatic carbocycles. The monoisotopic (exact) mass is 244 g/mol. The Morgan fingerprint density at radius 3 is 2.18 bits per heavy atom. The summed E-state index contributed by atoms with van der Waals surface area (Å²) >= 11 is 5.80. The van der Waals surface area contributed by atoms with E-state index in [0.717, 1.165) is 5.56 Å². The molecule has 0 saturated carbocycles. The van der Waals surface area contributed by atoms with Gasteiger partial charge in [0.25, 0.3) is 0 Å². The summed E-state index contributed by atoms with van der Waals surface area (Å²) in [5, 5.41) is 0.647. The first-order valence-electron chi connectivity index (χ1n) is 5.53. The van der Waals surface area contributed by atoms with Crippen LogP contribution in [-0.4, -0.2) is 5.78 Å². The summed E-state index contributed by atoms with van der Waals surface area (Å²) in [6, 6.07) is 16.8. The molecule has 2 rings (SSSR count). The summed E-state index contributed by atoms with van der Waals surface area (Å²) in [7, 11) is 0. The van der Waals surface area contributed by atoms with E-state index in [0.29, 0.717) is 10.6 Å². The third-order valence-corrected chi connectivity index (χ3v) is 3.07. The van der Waals surface area contributed by atoms with Crippen LogP contribution in [0.2, 0.25) is 5.02 Å². The molecule has 0 bridgehead atoms. The molecule has 0 aliphatic carbocycles. The smallest absolute Gasteiger partial charge is 0.170 e. The average molecular weight is 245 g/mol. The zero-order chi connectivity index (χ0) is 12.3. The molecule has 17 heavy (non-hydrogen) atoms. The van der Waals surface area contributed by atoms with E-state index in [1.54, 1.807) is 24.3 Å². The molecule has 2 heteroatoms. The first-order valence-corrected chi connectivity index (χ1v) is 5.91. The second kappa shape index (κ2) is 5.15. The van der Waals surface area contributed by atoms with Crippen LogP contribution in [0.1, 0.15) is 28.8 Å². The zero-order valence-corrected chi connectivity index (χ0v) is 10.3. The van der Waals surface area contributed by atoms with Gasteiger partial charge in [0.15, 0.2) is 5.78 Å². The third-order valence-electron chi connectivity index (χ3n) is 2.82. The maximum absolute atomic E-state index is 12.2. The molecule has 2 aromatic rings. The van der Waals surface area contributed by atoms with Gasteiger partial charge in [-0.05, 0) is 29.8 Å². The highest BCUT2D eigenvalue weighted by Crippen LogP contribution is 2.21. The number of rotatable bonds is 3. The molecule has 86 valence electrons. The van der Waals surface area contributed by atoms with E-state index >= 15 is 0 Å². The third kappa shape index (κ3) is 2.75. The highest BCUT2D eigenvalue weighted by molar-refractivity contribution is 6.30.